The van der Waals surface area contributed by atoms with Crippen LogP contribution in [0.1, 0.15) is 26.7 Å². The van der Waals surface area contributed by atoms with Crippen LogP contribution in [0, 0.1) is 5.82 Å². The van der Waals surface area contributed by atoms with Crippen LogP contribution in [-0.4, -0.2) is 24.6 Å². The predicted molar refractivity (Wildman–Crippen MR) is 79.7 cm³/mol. The topological polar surface area (TPSA) is 64.3 Å². The number of carbonyl (C=O) groups is 1. The predicted octanol–water partition coefficient (Wildman–Crippen LogP) is 2.26. The van der Waals surface area contributed by atoms with Crippen molar-refractivity contribution in [1.29, 1.82) is 0 Å². The van der Waals surface area contributed by atoms with Crippen LogP contribution in [0.5, 0.6) is 5.75 Å². The van der Waals surface area contributed by atoms with Gasteiger partial charge in [-0.05, 0) is 44.5 Å². The number of nitrogens with one attached hydrogen (secondary N) is 1. The number of hydrogen-bond acceptors (Lipinski definition) is 3. The van der Waals surface area contributed by atoms with E-state index in [0.717, 1.165) is 0 Å². The zero-order valence-corrected chi connectivity index (χ0v) is 12.6. The van der Waals surface area contributed by atoms with E-state index >= 15 is 0 Å². The Balaban J connectivity index is 0.00000361. The van der Waals surface area contributed by atoms with Gasteiger partial charge in [0.25, 0.3) is 0 Å². The average Bonchev–Trinajstić information content (AvgIpc) is 2.36. The number of ether oxygens (including phenoxy) is 1. The van der Waals surface area contributed by atoms with Gasteiger partial charge in [0.15, 0.2) is 0 Å². The van der Waals surface area contributed by atoms with E-state index in [1.165, 1.54) is 12.1 Å². The first-order valence-corrected chi connectivity index (χ1v) is 6.32. The van der Waals surface area contributed by atoms with Crippen LogP contribution < -0.4 is 15.8 Å². The third-order valence-electron chi connectivity index (χ3n) is 2.62. The van der Waals surface area contributed by atoms with Crippen molar-refractivity contribution in [2.75, 3.05) is 13.2 Å². The molecule has 0 saturated carbocycles. The highest BCUT2D eigenvalue weighted by Crippen LogP contribution is 2.11. The van der Waals surface area contributed by atoms with E-state index in [1.807, 2.05) is 13.8 Å². The summed E-state index contributed by atoms with van der Waals surface area (Å²) in [7, 11) is 0. The fraction of sp³-hybridized carbons (Fsp3) is 0.500. The fourth-order valence-corrected chi connectivity index (χ4v) is 1.44. The molecule has 114 valence electrons. The first-order valence-electron chi connectivity index (χ1n) is 6.32. The van der Waals surface area contributed by atoms with Gasteiger partial charge in [0, 0.05) is 18.5 Å². The highest BCUT2D eigenvalue weighted by molar-refractivity contribution is 5.85. The highest BCUT2D eigenvalue weighted by Gasteiger charge is 2.17. The first kappa shape index (κ1) is 18.7. The average molecular weight is 305 g/mol. The molecule has 0 aliphatic heterocycles. The Morgan fingerprint density at radius 3 is 2.50 bits per heavy atom. The van der Waals surface area contributed by atoms with Crippen LogP contribution >= 0.6 is 12.4 Å². The molecule has 0 aliphatic carbocycles. The Bertz CT molecular complexity index is 410. The molecule has 3 N–H and O–H groups in total. The summed E-state index contributed by atoms with van der Waals surface area (Å²) < 4.78 is 18.0. The van der Waals surface area contributed by atoms with E-state index in [1.54, 1.807) is 12.1 Å². The number of hydrogen-bond donors (Lipinski definition) is 2. The van der Waals surface area contributed by atoms with Crippen molar-refractivity contribution in [2.45, 2.75) is 32.2 Å². The molecule has 20 heavy (non-hydrogen) atoms. The molecule has 0 unspecified atom stereocenters. The molecular formula is C14H22ClFN2O2. The Kier molecular flexibility index (Phi) is 8.18. The second kappa shape index (κ2) is 8.76. The molecular weight excluding hydrogens is 283 g/mol. The summed E-state index contributed by atoms with van der Waals surface area (Å²) in [6, 6.07) is 5.80. The monoisotopic (exact) mass is 304 g/mol. The van der Waals surface area contributed by atoms with E-state index in [2.05, 4.69) is 5.32 Å². The maximum absolute atomic E-state index is 12.7. The first-order chi connectivity index (χ1) is 8.93. The van der Waals surface area contributed by atoms with Gasteiger partial charge in [-0.1, -0.05) is 0 Å². The van der Waals surface area contributed by atoms with Crippen LogP contribution in [0.4, 0.5) is 4.39 Å². The van der Waals surface area contributed by atoms with Crippen molar-refractivity contribution in [3.8, 4) is 5.75 Å². The smallest absolute Gasteiger partial charge is 0.220 e. The van der Waals surface area contributed by atoms with Crippen molar-refractivity contribution in [1.82, 2.24) is 5.32 Å². The molecule has 0 radical (unpaired) electrons. The fourth-order valence-electron chi connectivity index (χ4n) is 1.44. The van der Waals surface area contributed by atoms with Crippen LogP contribution in [0.2, 0.25) is 0 Å². The van der Waals surface area contributed by atoms with Crippen molar-refractivity contribution < 1.29 is 13.9 Å². The zero-order chi connectivity index (χ0) is 14.3. The minimum atomic E-state index is -0.380. The van der Waals surface area contributed by atoms with Gasteiger partial charge in [-0.25, -0.2) is 4.39 Å². The lowest BCUT2D eigenvalue weighted by molar-refractivity contribution is -0.122. The number of halogens is 2. The normalized spacial score (nSPS) is 10.6. The second-order valence-electron chi connectivity index (χ2n) is 5.04. The van der Waals surface area contributed by atoms with Gasteiger partial charge in [-0.2, -0.15) is 0 Å². The van der Waals surface area contributed by atoms with Gasteiger partial charge in [0.2, 0.25) is 5.91 Å². The Morgan fingerprint density at radius 2 is 1.95 bits per heavy atom. The van der Waals surface area contributed by atoms with Crippen molar-refractivity contribution in [3.63, 3.8) is 0 Å². The lowest BCUT2D eigenvalue weighted by atomic mass is 10.1. The maximum atomic E-state index is 12.7. The molecule has 0 heterocycles. The second-order valence-corrected chi connectivity index (χ2v) is 5.04. The van der Waals surface area contributed by atoms with Gasteiger partial charge in [0.1, 0.15) is 11.6 Å². The quantitative estimate of drug-likeness (QED) is 0.760. The molecule has 0 fully saturated rings. The van der Waals surface area contributed by atoms with E-state index < -0.39 is 0 Å². The van der Waals surface area contributed by atoms with Crippen LogP contribution in [0.3, 0.4) is 0 Å². The number of nitrogens with two attached hydrogens (primary N) is 1. The number of amides is 1. The summed E-state index contributed by atoms with van der Waals surface area (Å²) in [5, 5.41) is 2.84. The molecule has 0 aliphatic rings. The molecule has 1 amide bonds. The minimum absolute atomic E-state index is 0. The summed E-state index contributed by atoms with van der Waals surface area (Å²) in [4.78, 5) is 11.6. The Morgan fingerprint density at radius 1 is 1.35 bits per heavy atom. The standard InChI is InChI=1S/C14H21FN2O2.ClH/c1-14(2,10-16)17-13(18)4-3-9-19-12-7-5-11(15)6-8-12;/h5-8H,3-4,9-10,16H2,1-2H3,(H,17,18);1H. The van der Waals surface area contributed by atoms with Gasteiger partial charge in [-0.15, -0.1) is 12.4 Å². The van der Waals surface area contributed by atoms with Gasteiger partial charge < -0.3 is 15.8 Å². The highest BCUT2D eigenvalue weighted by atomic mass is 35.5. The lowest BCUT2D eigenvalue weighted by Gasteiger charge is -2.24. The molecule has 0 saturated heterocycles. The summed E-state index contributed by atoms with van der Waals surface area (Å²) >= 11 is 0. The van der Waals surface area contributed by atoms with E-state index in [9.17, 15) is 9.18 Å². The minimum Gasteiger partial charge on any atom is -0.494 e. The molecule has 6 heteroatoms. The molecule has 0 atom stereocenters. The third kappa shape index (κ3) is 7.31. The van der Waals surface area contributed by atoms with Gasteiger partial charge in [-0.3, -0.25) is 4.79 Å². The Labute approximate surface area is 125 Å². The number of carbonyl (C=O) groups excluding carboxylic acids is 1. The summed E-state index contributed by atoms with van der Waals surface area (Å²) in [5.74, 6) is 0.262. The van der Waals surface area contributed by atoms with Crippen molar-refractivity contribution in [3.05, 3.63) is 30.1 Å². The Hall–Kier alpha value is -1.33. The van der Waals surface area contributed by atoms with Crippen molar-refractivity contribution in [2.24, 2.45) is 5.73 Å². The van der Waals surface area contributed by atoms with Crippen LogP contribution in [-0.2, 0) is 4.79 Å². The van der Waals surface area contributed by atoms with E-state index in [4.69, 9.17) is 10.5 Å². The van der Waals surface area contributed by atoms with Gasteiger partial charge >= 0.3 is 0 Å². The number of rotatable bonds is 7. The zero-order valence-electron chi connectivity index (χ0n) is 11.8. The molecule has 0 spiro atoms. The SMILES string of the molecule is CC(C)(CN)NC(=O)CCCOc1ccc(F)cc1.Cl. The number of benzene rings is 1. The third-order valence-corrected chi connectivity index (χ3v) is 2.62. The summed E-state index contributed by atoms with van der Waals surface area (Å²) in [6.45, 7) is 4.56. The largest absolute Gasteiger partial charge is 0.494 e. The van der Waals surface area contributed by atoms with Crippen LogP contribution in [0.25, 0.3) is 0 Å². The summed E-state index contributed by atoms with van der Waals surface area (Å²) in [6.07, 6.45) is 0.981. The molecule has 0 bridgehead atoms. The molecule has 1 rings (SSSR count). The van der Waals surface area contributed by atoms with Crippen LogP contribution in [0.15, 0.2) is 24.3 Å². The molecule has 0 aromatic heterocycles. The molecule has 1 aromatic carbocycles. The molecule has 4 nitrogen and oxygen atoms in total. The summed E-state index contributed by atoms with van der Waals surface area (Å²) in [5.41, 5.74) is 5.15. The van der Waals surface area contributed by atoms with Gasteiger partial charge in [0.05, 0.1) is 6.61 Å². The van der Waals surface area contributed by atoms with E-state index in [0.29, 0.717) is 31.7 Å². The van der Waals surface area contributed by atoms with E-state index in [-0.39, 0.29) is 29.7 Å². The maximum Gasteiger partial charge on any atom is 0.220 e. The van der Waals surface area contributed by atoms with Crippen molar-refractivity contribution >= 4 is 18.3 Å². The lowest BCUT2D eigenvalue weighted by Crippen LogP contribution is -2.48. The molecule has 1 aromatic rings.